The average Bonchev–Trinajstić information content (AvgIpc) is 3.04. The van der Waals surface area contributed by atoms with Gasteiger partial charge in [0.2, 0.25) is 0 Å². The molecule has 2 aromatic rings. The van der Waals surface area contributed by atoms with Crippen LogP contribution in [0.25, 0.3) is 0 Å². The molecule has 8 heteroatoms. The molecule has 0 spiro atoms. The second kappa shape index (κ2) is 16.4. The molecule has 0 heterocycles. The lowest BCUT2D eigenvalue weighted by atomic mass is 9.69. The quantitative estimate of drug-likeness (QED) is 0.114. The van der Waals surface area contributed by atoms with E-state index in [9.17, 15) is 19.2 Å². The first-order valence-electron chi connectivity index (χ1n) is 17.3. The SMILES string of the molecule is CC1CCC(C2CCC(C(=O)Oc3ccc(OC(=O)c4ccc(OC(C)(C)CCC(C)(C)OC(=O)CCC=O)cc4)cc3)CC2)CC1. The van der Waals surface area contributed by atoms with Crippen LogP contribution < -0.4 is 14.2 Å². The summed E-state index contributed by atoms with van der Waals surface area (Å²) in [5, 5.41) is 0. The fraction of sp³-hybridized carbons (Fsp3) is 0.590. The molecular weight excluding hydrogens is 596 g/mol. The van der Waals surface area contributed by atoms with Crippen LogP contribution in [0.2, 0.25) is 0 Å². The standard InChI is InChI=1S/C39H52O8/c1-27-8-10-28(11-9-27)29-12-14-30(15-13-29)36(42)44-32-20-22-33(23-21-32)45-37(43)31-16-18-34(19-17-31)46-38(2,3)24-25-39(4,5)47-35(41)7-6-26-40/h16-23,26-30H,6-15,24-25H2,1-5H3. The number of rotatable bonds is 14. The third kappa shape index (κ3) is 11.5. The minimum Gasteiger partial charge on any atom is -0.488 e. The lowest BCUT2D eigenvalue weighted by Gasteiger charge is -2.36. The summed E-state index contributed by atoms with van der Waals surface area (Å²) in [6.45, 7) is 9.93. The van der Waals surface area contributed by atoms with Crippen molar-refractivity contribution in [1.29, 1.82) is 0 Å². The maximum Gasteiger partial charge on any atom is 0.343 e. The Kier molecular flexibility index (Phi) is 12.6. The third-order valence-corrected chi connectivity index (χ3v) is 9.75. The molecule has 0 radical (unpaired) electrons. The van der Waals surface area contributed by atoms with Crippen molar-refractivity contribution in [3.05, 3.63) is 54.1 Å². The van der Waals surface area contributed by atoms with Crippen LogP contribution in [0.15, 0.2) is 48.5 Å². The Bertz CT molecular complexity index is 1330. The largest absolute Gasteiger partial charge is 0.488 e. The first kappa shape index (κ1) is 36.2. The molecule has 2 saturated carbocycles. The molecule has 0 bridgehead atoms. The number of hydrogen-bond acceptors (Lipinski definition) is 8. The van der Waals surface area contributed by atoms with Crippen molar-refractivity contribution in [2.24, 2.45) is 23.7 Å². The Morgan fingerprint density at radius 1 is 0.702 bits per heavy atom. The molecule has 0 atom stereocenters. The normalized spacial score (nSPS) is 21.7. The highest BCUT2D eigenvalue weighted by Crippen LogP contribution is 2.41. The summed E-state index contributed by atoms with van der Waals surface area (Å²) in [6, 6.07) is 13.3. The van der Waals surface area contributed by atoms with Gasteiger partial charge >= 0.3 is 17.9 Å². The molecule has 0 saturated heterocycles. The second-order valence-electron chi connectivity index (χ2n) is 14.7. The monoisotopic (exact) mass is 648 g/mol. The average molecular weight is 649 g/mol. The minimum absolute atomic E-state index is 0.0553. The van der Waals surface area contributed by atoms with E-state index in [2.05, 4.69) is 6.92 Å². The van der Waals surface area contributed by atoms with Crippen LogP contribution in [0.4, 0.5) is 0 Å². The highest BCUT2D eigenvalue weighted by atomic mass is 16.6. The lowest BCUT2D eigenvalue weighted by molar-refractivity contribution is -0.158. The summed E-state index contributed by atoms with van der Waals surface area (Å²) in [5.74, 6) is 2.70. The van der Waals surface area contributed by atoms with Crippen molar-refractivity contribution in [3.63, 3.8) is 0 Å². The predicted molar refractivity (Wildman–Crippen MR) is 179 cm³/mol. The van der Waals surface area contributed by atoms with Gasteiger partial charge in [-0.3, -0.25) is 9.59 Å². The molecule has 256 valence electrons. The van der Waals surface area contributed by atoms with E-state index in [1.807, 2.05) is 27.7 Å². The number of carbonyl (C=O) groups is 4. The number of esters is 3. The van der Waals surface area contributed by atoms with E-state index in [4.69, 9.17) is 18.9 Å². The molecule has 47 heavy (non-hydrogen) atoms. The maximum atomic E-state index is 12.9. The Labute approximate surface area is 279 Å². The van der Waals surface area contributed by atoms with Gasteiger partial charge in [-0.15, -0.1) is 0 Å². The van der Waals surface area contributed by atoms with E-state index in [-0.39, 0.29) is 24.7 Å². The summed E-state index contributed by atoms with van der Waals surface area (Å²) in [7, 11) is 0. The molecule has 0 N–H and O–H groups in total. The molecule has 4 rings (SSSR count). The van der Waals surface area contributed by atoms with E-state index in [1.54, 1.807) is 48.5 Å². The van der Waals surface area contributed by atoms with Gasteiger partial charge in [0.1, 0.15) is 34.7 Å². The summed E-state index contributed by atoms with van der Waals surface area (Å²) in [4.78, 5) is 48.1. The third-order valence-electron chi connectivity index (χ3n) is 9.75. The lowest BCUT2D eigenvalue weighted by Crippen LogP contribution is -2.34. The second-order valence-corrected chi connectivity index (χ2v) is 14.7. The number of carbonyl (C=O) groups excluding carboxylic acids is 4. The van der Waals surface area contributed by atoms with E-state index in [0.717, 1.165) is 43.4 Å². The van der Waals surface area contributed by atoms with Gasteiger partial charge in [-0.2, -0.15) is 0 Å². The summed E-state index contributed by atoms with van der Waals surface area (Å²) in [6.07, 6.45) is 11.5. The zero-order chi connectivity index (χ0) is 34.0. The van der Waals surface area contributed by atoms with E-state index in [1.165, 1.54) is 25.7 Å². The fourth-order valence-corrected chi connectivity index (χ4v) is 6.74. The van der Waals surface area contributed by atoms with E-state index < -0.39 is 23.1 Å². The van der Waals surface area contributed by atoms with Crippen LogP contribution in [0, 0.1) is 23.7 Å². The summed E-state index contributed by atoms with van der Waals surface area (Å²) >= 11 is 0. The van der Waals surface area contributed by atoms with Gasteiger partial charge in [-0.05, 0) is 145 Å². The molecule has 2 aromatic carbocycles. The van der Waals surface area contributed by atoms with Gasteiger partial charge in [0.15, 0.2) is 0 Å². The zero-order valence-electron chi connectivity index (χ0n) is 28.8. The number of hydrogen-bond donors (Lipinski definition) is 0. The van der Waals surface area contributed by atoms with Crippen molar-refractivity contribution in [1.82, 2.24) is 0 Å². The summed E-state index contributed by atoms with van der Waals surface area (Å²) < 4.78 is 22.9. The molecule has 2 fully saturated rings. The minimum atomic E-state index is -0.694. The molecule has 0 unspecified atom stereocenters. The van der Waals surface area contributed by atoms with Crippen molar-refractivity contribution in [2.75, 3.05) is 0 Å². The predicted octanol–water partition coefficient (Wildman–Crippen LogP) is 8.68. The van der Waals surface area contributed by atoms with Gasteiger partial charge in [-0.1, -0.05) is 19.8 Å². The van der Waals surface area contributed by atoms with Crippen molar-refractivity contribution in [3.8, 4) is 17.2 Å². The number of ether oxygens (including phenoxy) is 4. The highest BCUT2D eigenvalue weighted by Gasteiger charge is 2.33. The molecule has 8 nitrogen and oxygen atoms in total. The highest BCUT2D eigenvalue weighted by molar-refractivity contribution is 5.91. The van der Waals surface area contributed by atoms with Crippen molar-refractivity contribution < 1.29 is 38.1 Å². The Hall–Kier alpha value is -3.68. The van der Waals surface area contributed by atoms with Gasteiger partial charge in [-0.25, -0.2) is 4.79 Å². The summed E-state index contributed by atoms with van der Waals surface area (Å²) in [5.41, 5.74) is -0.888. The van der Waals surface area contributed by atoms with Crippen LogP contribution in [0.5, 0.6) is 17.2 Å². The molecule has 0 aromatic heterocycles. The Morgan fingerprint density at radius 2 is 1.21 bits per heavy atom. The van der Waals surface area contributed by atoms with E-state index >= 15 is 0 Å². The first-order valence-corrected chi connectivity index (χ1v) is 17.3. The van der Waals surface area contributed by atoms with Crippen LogP contribution in [-0.4, -0.2) is 35.4 Å². The van der Waals surface area contributed by atoms with Gasteiger partial charge < -0.3 is 23.7 Å². The maximum absolute atomic E-state index is 12.9. The number of aldehydes is 1. The van der Waals surface area contributed by atoms with Crippen LogP contribution in [-0.2, 0) is 19.1 Å². The Balaban J connectivity index is 1.20. The fourth-order valence-electron chi connectivity index (χ4n) is 6.74. The van der Waals surface area contributed by atoms with Crippen LogP contribution in [0.1, 0.15) is 122 Å². The smallest absolute Gasteiger partial charge is 0.343 e. The molecular formula is C39H52O8. The Morgan fingerprint density at radius 3 is 1.79 bits per heavy atom. The molecule has 0 aliphatic heterocycles. The van der Waals surface area contributed by atoms with Crippen molar-refractivity contribution in [2.45, 2.75) is 123 Å². The van der Waals surface area contributed by atoms with E-state index in [0.29, 0.717) is 41.9 Å². The van der Waals surface area contributed by atoms with Crippen LogP contribution >= 0.6 is 0 Å². The zero-order valence-corrected chi connectivity index (χ0v) is 28.8. The molecule has 2 aliphatic carbocycles. The topological polar surface area (TPSA) is 105 Å². The molecule has 0 amide bonds. The van der Waals surface area contributed by atoms with Gasteiger partial charge in [0, 0.05) is 6.42 Å². The van der Waals surface area contributed by atoms with Crippen LogP contribution in [0.3, 0.4) is 0 Å². The van der Waals surface area contributed by atoms with Crippen molar-refractivity contribution >= 4 is 24.2 Å². The first-order chi connectivity index (χ1) is 22.3. The van der Waals surface area contributed by atoms with Gasteiger partial charge in [0.05, 0.1) is 17.9 Å². The van der Waals surface area contributed by atoms with Gasteiger partial charge in [0.25, 0.3) is 0 Å². The molecule has 2 aliphatic rings. The number of benzene rings is 2.